The topological polar surface area (TPSA) is 72.1 Å². The molecule has 0 saturated heterocycles. The molecule has 5 heteroatoms. The summed E-state index contributed by atoms with van der Waals surface area (Å²) in [4.78, 5) is 22.4. The molecule has 1 aliphatic carbocycles. The van der Waals surface area contributed by atoms with Gasteiger partial charge in [0.2, 0.25) is 0 Å². The third-order valence-electron chi connectivity index (χ3n) is 3.43. The first-order valence-electron chi connectivity index (χ1n) is 6.66. The maximum atomic E-state index is 12.5. The van der Waals surface area contributed by atoms with Crippen LogP contribution in [0.1, 0.15) is 28.9 Å². The van der Waals surface area contributed by atoms with E-state index in [1.807, 2.05) is 29.2 Å². The summed E-state index contributed by atoms with van der Waals surface area (Å²) in [5, 5.41) is 0. The van der Waals surface area contributed by atoms with Crippen LogP contribution < -0.4 is 5.73 Å². The molecule has 1 aromatic heterocycles. The van der Waals surface area contributed by atoms with Gasteiger partial charge in [0.05, 0.1) is 6.20 Å². The van der Waals surface area contributed by atoms with Gasteiger partial charge < -0.3 is 10.6 Å². The summed E-state index contributed by atoms with van der Waals surface area (Å²) in [6, 6.07) is 7.93. The fourth-order valence-corrected chi connectivity index (χ4v) is 2.17. The lowest BCUT2D eigenvalue weighted by Gasteiger charge is -2.22. The Morgan fingerprint density at radius 1 is 1.30 bits per heavy atom. The van der Waals surface area contributed by atoms with Gasteiger partial charge in [0.25, 0.3) is 5.91 Å². The zero-order valence-corrected chi connectivity index (χ0v) is 11.1. The molecule has 1 saturated carbocycles. The Labute approximate surface area is 117 Å². The van der Waals surface area contributed by atoms with Crippen molar-refractivity contribution < 1.29 is 4.79 Å². The summed E-state index contributed by atoms with van der Waals surface area (Å²) in [6.45, 7) is 0.521. The van der Waals surface area contributed by atoms with E-state index in [1.54, 1.807) is 6.20 Å². The van der Waals surface area contributed by atoms with E-state index >= 15 is 0 Å². The van der Waals surface area contributed by atoms with E-state index in [9.17, 15) is 4.79 Å². The number of para-hydroxylation sites is 1. The van der Waals surface area contributed by atoms with Gasteiger partial charge in [-0.15, -0.1) is 0 Å². The Morgan fingerprint density at radius 3 is 2.75 bits per heavy atom. The number of rotatable bonds is 4. The Balaban J connectivity index is 1.83. The van der Waals surface area contributed by atoms with Crippen molar-refractivity contribution in [3.05, 3.63) is 54.1 Å². The molecule has 0 bridgehead atoms. The molecule has 3 rings (SSSR count). The highest BCUT2D eigenvalue weighted by atomic mass is 16.2. The lowest BCUT2D eigenvalue weighted by molar-refractivity contribution is 0.0724. The fourth-order valence-electron chi connectivity index (χ4n) is 2.17. The van der Waals surface area contributed by atoms with Gasteiger partial charge in [-0.1, -0.05) is 18.2 Å². The number of carbonyl (C=O) groups is 1. The molecule has 1 heterocycles. The minimum absolute atomic E-state index is 0.0798. The molecule has 0 radical (unpaired) electrons. The van der Waals surface area contributed by atoms with Crippen LogP contribution >= 0.6 is 0 Å². The van der Waals surface area contributed by atoms with Crippen LogP contribution in [0, 0.1) is 0 Å². The second-order valence-corrected chi connectivity index (χ2v) is 4.95. The Kier molecular flexibility index (Phi) is 3.33. The number of nitrogen functional groups attached to an aromatic ring is 1. The van der Waals surface area contributed by atoms with Crippen LogP contribution in [0.15, 0.2) is 42.9 Å². The first kappa shape index (κ1) is 12.6. The molecule has 0 aliphatic heterocycles. The highest BCUT2D eigenvalue weighted by Crippen LogP contribution is 2.30. The monoisotopic (exact) mass is 268 g/mol. The number of carbonyl (C=O) groups excluding carboxylic acids is 1. The standard InChI is InChI=1S/C15H16N4O/c16-13-4-2-1-3-11(13)10-19(12-5-6-12)15(20)14-9-17-7-8-18-14/h1-4,7-9,12H,5-6,10,16H2. The predicted molar refractivity (Wildman–Crippen MR) is 75.8 cm³/mol. The van der Waals surface area contributed by atoms with Gasteiger partial charge in [0.1, 0.15) is 5.69 Å². The van der Waals surface area contributed by atoms with Gasteiger partial charge in [-0.25, -0.2) is 4.98 Å². The largest absolute Gasteiger partial charge is 0.398 e. The van der Waals surface area contributed by atoms with Crippen molar-refractivity contribution in [2.45, 2.75) is 25.4 Å². The highest BCUT2D eigenvalue weighted by Gasteiger charge is 2.33. The van der Waals surface area contributed by atoms with E-state index in [2.05, 4.69) is 9.97 Å². The zero-order valence-electron chi connectivity index (χ0n) is 11.1. The molecule has 1 fully saturated rings. The van der Waals surface area contributed by atoms with E-state index in [0.29, 0.717) is 24.0 Å². The second-order valence-electron chi connectivity index (χ2n) is 4.95. The van der Waals surface area contributed by atoms with E-state index in [-0.39, 0.29) is 5.91 Å². The van der Waals surface area contributed by atoms with Crippen LogP contribution in [0.4, 0.5) is 5.69 Å². The maximum Gasteiger partial charge on any atom is 0.274 e. The van der Waals surface area contributed by atoms with E-state index < -0.39 is 0 Å². The van der Waals surface area contributed by atoms with E-state index in [0.717, 1.165) is 18.4 Å². The van der Waals surface area contributed by atoms with Crippen LogP contribution in [-0.4, -0.2) is 26.8 Å². The molecular weight excluding hydrogens is 252 g/mol. The van der Waals surface area contributed by atoms with Crippen LogP contribution in [0.2, 0.25) is 0 Å². The Bertz CT molecular complexity index is 610. The molecule has 102 valence electrons. The van der Waals surface area contributed by atoms with Gasteiger partial charge in [-0.2, -0.15) is 0 Å². The maximum absolute atomic E-state index is 12.5. The minimum atomic E-state index is -0.0798. The first-order valence-corrected chi connectivity index (χ1v) is 6.66. The predicted octanol–water partition coefficient (Wildman–Crippen LogP) is 1.86. The molecular formula is C15H16N4O. The number of anilines is 1. The van der Waals surface area contributed by atoms with Crippen LogP contribution in [0.3, 0.4) is 0 Å². The third-order valence-corrected chi connectivity index (χ3v) is 3.43. The number of benzene rings is 1. The molecule has 1 aliphatic rings. The van der Waals surface area contributed by atoms with Crippen molar-refractivity contribution in [1.29, 1.82) is 0 Å². The van der Waals surface area contributed by atoms with Crippen LogP contribution in [0.5, 0.6) is 0 Å². The Hall–Kier alpha value is -2.43. The molecule has 1 amide bonds. The number of nitrogens with two attached hydrogens (primary N) is 1. The molecule has 2 aromatic rings. The zero-order chi connectivity index (χ0) is 13.9. The van der Waals surface area contributed by atoms with Crippen molar-refractivity contribution in [2.75, 3.05) is 5.73 Å². The second kappa shape index (κ2) is 5.28. The average Bonchev–Trinajstić information content (AvgIpc) is 3.31. The van der Waals surface area contributed by atoms with Gasteiger partial charge >= 0.3 is 0 Å². The quantitative estimate of drug-likeness (QED) is 0.859. The normalized spacial score (nSPS) is 14.0. The summed E-state index contributed by atoms with van der Waals surface area (Å²) in [5.41, 5.74) is 8.03. The summed E-state index contributed by atoms with van der Waals surface area (Å²) in [6.07, 6.45) is 6.69. The molecule has 0 atom stereocenters. The first-order chi connectivity index (χ1) is 9.75. The summed E-state index contributed by atoms with van der Waals surface area (Å²) < 4.78 is 0. The number of amides is 1. The summed E-state index contributed by atoms with van der Waals surface area (Å²) >= 11 is 0. The number of hydrogen-bond acceptors (Lipinski definition) is 4. The minimum Gasteiger partial charge on any atom is -0.398 e. The molecule has 2 N–H and O–H groups in total. The number of nitrogens with zero attached hydrogens (tertiary/aromatic N) is 3. The number of aromatic nitrogens is 2. The lowest BCUT2D eigenvalue weighted by atomic mass is 10.1. The summed E-state index contributed by atoms with van der Waals surface area (Å²) in [5.74, 6) is -0.0798. The van der Waals surface area contributed by atoms with Crippen molar-refractivity contribution in [3.63, 3.8) is 0 Å². The average molecular weight is 268 g/mol. The SMILES string of the molecule is Nc1ccccc1CN(C(=O)c1cnccn1)C1CC1. The molecule has 1 aromatic carbocycles. The van der Waals surface area contributed by atoms with E-state index in [1.165, 1.54) is 12.4 Å². The molecule has 0 unspecified atom stereocenters. The molecule has 0 spiro atoms. The van der Waals surface area contributed by atoms with Gasteiger partial charge in [0, 0.05) is 30.7 Å². The Morgan fingerprint density at radius 2 is 2.10 bits per heavy atom. The van der Waals surface area contributed by atoms with Crippen molar-refractivity contribution in [1.82, 2.24) is 14.9 Å². The third kappa shape index (κ3) is 2.61. The van der Waals surface area contributed by atoms with Gasteiger partial charge in [0.15, 0.2) is 0 Å². The van der Waals surface area contributed by atoms with Gasteiger partial charge in [-0.3, -0.25) is 9.78 Å². The summed E-state index contributed by atoms with van der Waals surface area (Å²) in [7, 11) is 0. The lowest BCUT2D eigenvalue weighted by Crippen LogP contribution is -2.33. The van der Waals surface area contributed by atoms with Gasteiger partial charge in [-0.05, 0) is 24.5 Å². The smallest absolute Gasteiger partial charge is 0.274 e. The fraction of sp³-hybridized carbons (Fsp3) is 0.267. The van der Waals surface area contributed by atoms with Crippen molar-refractivity contribution >= 4 is 11.6 Å². The molecule has 5 nitrogen and oxygen atoms in total. The van der Waals surface area contributed by atoms with Crippen LogP contribution in [0.25, 0.3) is 0 Å². The highest BCUT2D eigenvalue weighted by molar-refractivity contribution is 5.92. The number of hydrogen-bond donors (Lipinski definition) is 1. The van der Waals surface area contributed by atoms with Crippen molar-refractivity contribution in [3.8, 4) is 0 Å². The van der Waals surface area contributed by atoms with Crippen LogP contribution in [-0.2, 0) is 6.54 Å². The van der Waals surface area contributed by atoms with E-state index in [4.69, 9.17) is 5.73 Å². The molecule has 20 heavy (non-hydrogen) atoms. The van der Waals surface area contributed by atoms with Crippen molar-refractivity contribution in [2.24, 2.45) is 0 Å².